The molecule has 1 aliphatic heterocycles. The van der Waals surface area contributed by atoms with E-state index in [1.165, 1.54) is 21.7 Å². The lowest BCUT2D eigenvalue weighted by Gasteiger charge is -2.22. The molecule has 4 heteroatoms. The zero-order valence-corrected chi connectivity index (χ0v) is 24.0. The van der Waals surface area contributed by atoms with Crippen LogP contribution in [0.5, 0.6) is 0 Å². The maximum Gasteiger partial charge on any atom is 0.169 e. The van der Waals surface area contributed by atoms with Gasteiger partial charge in [0.05, 0.1) is 0 Å². The van der Waals surface area contributed by atoms with Gasteiger partial charge in [-0.1, -0.05) is 139 Å². The number of nitrogens with zero attached hydrogens (tertiary/aromatic N) is 2. The van der Waals surface area contributed by atoms with Crippen molar-refractivity contribution in [1.29, 1.82) is 0 Å². The van der Waals surface area contributed by atoms with Crippen molar-refractivity contribution in [3.63, 3.8) is 0 Å². The number of aliphatic imine (C=N–C) groups is 2. The summed E-state index contributed by atoms with van der Waals surface area (Å²) >= 11 is 6.78. The van der Waals surface area contributed by atoms with Gasteiger partial charge >= 0.3 is 0 Å². The Labute approximate surface area is 254 Å². The molecule has 8 rings (SSSR count). The van der Waals surface area contributed by atoms with Gasteiger partial charge in [-0.2, -0.15) is 0 Å². The highest BCUT2D eigenvalue weighted by Gasteiger charge is 2.21. The van der Waals surface area contributed by atoms with E-state index < -0.39 is 0 Å². The van der Waals surface area contributed by atoms with Crippen LogP contribution in [0.3, 0.4) is 0 Å². The molecule has 204 valence electrons. The van der Waals surface area contributed by atoms with Crippen molar-refractivity contribution in [2.45, 2.75) is 6.17 Å². The van der Waals surface area contributed by atoms with Crippen LogP contribution in [0.1, 0.15) is 22.9 Å². The van der Waals surface area contributed by atoms with Gasteiger partial charge in [0.2, 0.25) is 0 Å². The summed E-state index contributed by atoms with van der Waals surface area (Å²) in [6.45, 7) is 0. The van der Waals surface area contributed by atoms with E-state index in [4.69, 9.17) is 21.6 Å². The van der Waals surface area contributed by atoms with E-state index >= 15 is 0 Å². The number of amidine groups is 2. The first kappa shape index (κ1) is 25.5. The van der Waals surface area contributed by atoms with Gasteiger partial charge in [0.25, 0.3) is 0 Å². The topological polar surface area (TPSA) is 36.8 Å². The molecule has 0 saturated heterocycles. The first-order valence-electron chi connectivity index (χ1n) is 14.4. The van der Waals surface area contributed by atoms with E-state index in [9.17, 15) is 0 Å². The van der Waals surface area contributed by atoms with E-state index in [1.54, 1.807) is 0 Å². The lowest BCUT2D eigenvalue weighted by Crippen LogP contribution is -2.36. The van der Waals surface area contributed by atoms with Crippen molar-refractivity contribution in [3.05, 3.63) is 167 Å². The molecule has 1 aliphatic rings. The number of halogens is 1. The fourth-order valence-electron chi connectivity index (χ4n) is 6.09. The molecule has 7 aromatic rings. The lowest BCUT2D eigenvalue weighted by molar-refractivity contribution is 0.756. The van der Waals surface area contributed by atoms with Gasteiger partial charge < -0.3 is 5.32 Å². The molecule has 0 spiro atoms. The van der Waals surface area contributed by atoms with Crippen LogP contribution in [0.25, 0.3) is 43.4 Å². The van der Waals surface area contributed by atoms with Crippen molar-refractivity contribution in [1.82, 2.24) is 5.32 Å². The van der Waals surface area contributed by atoms with Crippen LogP contribution in [0, 0.1) is 0 Å². The number of fused-ring (bicyclic) bond motifs is 5. The predicted octanol–water partition coefficient (Wildman–Crippen LogP) is 9.96. The average molecular weight is 572 g/mol. The largest absolute Gasteiger partial charge is 0.324 e. The van der Waals surface area contributed by atoms with Crippen LogP contribution >= 0.6 is 11.6 Å². The molecule has 7 aromatic carbocycles. The van der Waals surface area contributed by atoms with Crippen LogP contribution in [0.2, 0.25) is 5.02 Å². The highest BCUT2D eigenvalue weighted by atomic mass is 35.5. The van der Waals surface area contributed by atoms with Crippen LogP contribution in [-0.4, -0.2) is 11.7 Å². The second kappa shape index (κ2) is 10.5. The molecule has 1 unspecified atom stereocenters. The summed E-state index contributed by atoms with van der Waals surface area (Å²) in [4.78, 5) is 10.1. The van der Waals surface area contributed by atoms with Crippen molar-refractivity contribution < 1.29 is 0 Å². The van der Waals surface area contributed by atoms with Gasteiger partial charge in [0.15, 0.2) is 6.17 Å². The van der Waals surface area contributed by atoms with Crippen LogP contribution in [0.4, 0.5) is 0 Å². The molecule has 0 bridgehead atoms. The summed E-state index contributed by atoms with van der Waals surface area (Å²) in [6, 6.07) is 50.5. The summed E-state index contributed by atoms with van der Waals surface area (Å²) in [5.41, 5.74) is 5.38. The molecule has 0 fully saturated rings. The maximum absolute atomic E-state index is 6.78. The van der Waals surface area contributed by atoms with Crippen molar-refractivity contribution in [3.8, 4) is 11.1 Å². The molecule has 0 radical (unpaired) electrons. The minimum Gasteiger partial charge on any atom is -0.324 e. The highest BCUT2D eigenvalue weighted by Crippen LogP contribution is 2.40. The third kappa shape index (κ3) is 4.55. The summed E-state index contributed by atoms with van der Waals surface area (Å²) in [5, 5.41) is 11.3. The van der Waals surface area contributed by atoms with E-state index in [0.717, 1.165) is 55.1 Å². The Hall–Kier alpha value is -5.25. The molecular weight excluding hydrogens is 546 g/mol. The standard InChI is InChI=1S/C39H26ClN3/c40-36-24-35-30-19-8-7-18-29(30)33(23-34(35)31-20-9-10-21-32(31)36)27-16-11-17-28(22-27)39-42-37(25-12-3-1-4-13-25)41-38(43-39)26-14-5-2-6-15-26/h1-24,37H,(H,41,42,43). The number of nitrogens with one attached hydrogen (secondary N) is 1. The Morgan fingerprint density at radius 2 is 0.977 bits per heavy atom. The highest BCUT2D eigenvalue weighted by molar-refractivity contribution is 6.38. The van der Waals surface area contributed by atoms with Crippen LogP contribution < -0.4 is 5.32 Å². The molecule has 1 heterocycles. The van der Waals surface area contributed by atoms with Gasteiger partial charge in [-0.15, -0.1) is 0 Å². The van der Waals surface area contributed by atoms with Gasteiger partial charge in [-0.25, -0.2) is 9.98 Å². The Kier molecular flexibility index (Phi) is 6.24. The molecule has 0 aliphatic carbocycles. The monoisotopic (exact) mass is 571 g/mol. The third-order valence-corrected chi connectivity index (χ3v) is 8.48. The fraction of sp³-hybridized carbons (Fsp3) is 0.0256. The van der Waals surface area contributed by atoms with Gasteiger partial charge in [-0.3, -0.25) is 0 Å². The van der Waals surface area contributed by atoms with Crippen molar-refractivity contribution >= 4 is 55.6 Å². The Balaban J connectivity index is 1.30. The van der Waals surface area contributed by atoms with Crippen LogP contribution in [0.15, 0.2) is 156 Å². The second-order valence-electron chi connectivity index (χ2n) is 10.8. The number of hydrogen-bond donors (Lipinski definition) is 1. The average Bonchev–Trinajstić information content (AvgIpc) is 3.09. The minimum atomic E-state index is -0.339. The molecule has 43 heavy (non-hydrogen) atoms. The Morgan fingerprint density at radius 1 is 0.442 bits per heavy atom. The molecule has 3 nitrogen and oxygen atoms in total. The molecule has 1 N–H and O–H groups in total. The molecular formula is C39H26ClN3. The van der Waals surface area contributed by atoms with E-state index in [2.05, 4.69) is 108 Å². The van der Waals surface area contributed by atoms with Crippen molar-refractivity contribution in [2.75, 3.05) is 0 Å². The fourth-order valence-corrected chi connectivity index (χ4v) is 6.37. The van der Waals surface area contributed by atoms with Crippen molar-refractivity contribution in [2.24, 2.45) is 9.98 Å². The minimum absolute atomic E-state index is 0.339. The van der Waals surface area contributed by atoms with Gasteiger partial charge in [0, 0.05) is 21.5 Å². The van der Waals surface area contributed by atoms with Gasteiger partial charge in [0.1, 0.15) is 11.7 Å². The first-order valence-corrected chi connectivity index (χ1v) is 14.8. The molecule has 0 saturated carbocycles. The van der Waals surface area contributed by atoms with E-state index in [1.807, 2.05) is 42.5 Å². The Morgan fingerprint density at radius 3 is 1.72 bits per heavy atom. The second-order valence-corrected chi connectivity index (χ2v) is 11.2. The summed E-state index contributed by atoms with van der Waals surface area (Å²) in [6.07, 6.45) is -0.339. The molecule has 1 atom stereocenters. The van der Waals surface area contributed by atoms with E-state index in [0.29, 0.717) is 0 Å². The summed E-state index contributed by atoms with van der Waals surface area (Å²) in [5.74, 6) is 1.61. The number of rotatable bonds is 4. The molecule has 0 aromatic heterocycles. The Bertz CT molecular complexity index is 2220. The number of hydrogen-bond acceptors (Lipinski definition) is 3. The quantitative estimate of drug-likeness (QED) is 0.210. The lowest BCUT2D eigenvalue weighted by atomic mass is 9.90. The first-order chi connectivity index (χ1) is 21.2. The maximum atomic E-state index is 6.78. The predicted molar refractivity (Wildman–Crippen MR) is 181 cm³/mol. The normalized spacial score (nSPS) is 14.9. The zero-order valence-electron chi connectivity index (χ0n) is 23.2. The van der Waals surface area contributed by atoms with E-state index in [-0.39, 0.29) is 6.17 Å². The summed E-state index contributed by atoms with van der Waals surface area (Å²) < 4.78 is 0. The summed E-state index contributed by atoms with van der Waals surface area (Å²) in [7, 11) is 0. The zero-order chi connectivity index (χ0) is 28.8. The van der Waals surface area contributed by atoms with Gasteiger partial charge in [-0.05, 0) is 61.8 Å². The molecule has 0 amide bonds. The SMILES string of the molecule is Clc1cc2c3ccccc3c(-c3cccc(C4=NC(c5ccccc5)N=C(c5ccccc5)N4)c3)cc2c2ccccc12. The number of benzene rings is 7. The smallest absolute Gasteiger partial charge is 0.169 e. The third-order valence-electron chi connectivity index (χ3n) is 8.16. The van der Waals surface area contributed by atoms with Crippen LogP contribution in [-0.2, 0) is 0 Å².